The molecule has 0 aliphatic heterocycles. The van der Waals surface area contributed by atoms with Gasteiger partial charge in [0.15, 0.2) is 11.4 Å². The molecule has 0 atom stereocenters. The fourth-order valence-electron chi connectivity index (χ4n) is 3.53. The number of nitrogens with zero attached hydrogens (tertiary/aromatic N) is 2. The molecule has 34 heavy (non-hydrogen) atoms. The number of nitrogen functional groups attached to an aromatic ring is 1. The largest absolute Gasteiger partial charge is 0.460 e. The Morgan fingerprint density at radius 2 is 1.88 bits per heavy atom. The minimum atomic E-state index is -4.73. The van der Waals surface area contributed by atoms with E-state index >= 15 is 4.39 Å². The molecule has 5 rings (SSSR count). The van der Waals surface area contributed by atoms with Crippen molar-refractivity contribution in [3.8, 4) is 11.1 Å². The molecule has 0 bridgehead atoms. The van der Waals surface area contributed by atoms with Gasteiger partial charge in [0.05, 0.1) is 22.2 Å². The number of amides is 1. The standard InChI is InChI=1S/C22H11F5N4O2S/c23-14-4-1-9(22(25,26)27)5-15(14)31-20(32)12-6-33-18-11(12)3-2-10(17(18)24)13-7-34-21-16(13)19(28)29-8-30-21/h1-8H,(H,31,32)(H2,28,29,30). The zero-order valence-corrected chi connectivity index (χ0v) is 17.5. The third-order valence-electron chi connectivity index (χ3n) is 5.16. The number of aromatic nitrogens is 2. The summed E-state index contributed by atoms with van der Waals surface area (Å²) in [6, 6.07) is 4.45. The van der Waals surface area contributed by atoms with Gasteiger partial charge < -0.3 is 15.5 Å². The van der Waals surface area contributed by atoms with Crippen molar-refractivity contribution in [1.29, 1.82) is 0 Å². The van der Waals surface area contributed by atoms with E-state index < -0.39 is 35.0 Å². The summed E-state index contributed by atoms with van der Waals surface area (Å²) >= 11 is 1.24. The number of carbonyl (C=O) groups is 1. The van der Waals surface area contributed by atoms with Gasteiger partial charge in [0.25, 0.3) is 5.91 Å². The zero-order valence-electron chi connectivity index (χ0n) is 16.7. The summed E-state index contributed by atoms with van der Waals surface area (Å²) in [4.78, 5) is 21.3. The van der Waals surface area contributed by atoms with Gasteiger partial charge in [0.2, 0.25) is 0 Å². The van der Waals surface area contributed by atoms with Crippen LogP contribution >= 0.6 is 11.3 Å². The fraction of sp³-hybridized carbons (Fsp3) is 0.0455. The summed E-state index contributed by atoms with van der Waals surface area (Å²) in [6.07, 6.45) is -2.49. The third kappa shape index (κ3) is 3.52. The van der Waals surface area contributed by atoms with Gasteiger partial charge in [-0.3, -0.25) is 4.79 Å². The highest BCUT2D eigenvalue weighted by atomic mass is 32.1. The number of carbonyl (C=O) groups excluding carboxylic acids is 1. The highest BCUT2D eigenvalue weighted by molar-refractivity contribution is 7.17. The smallest absolute Gasteiger partial charge is 0.416 e. The molecule has 0 unspecified atom stereocenters. The minimum absolute atomic E-state index is 0.0508. The number of rotatable bonds is 3. The molecule has 0 aliphatic carbocycles. The Bertz CT molecular complexity index is 1590. The van der Waals surface area contributed by atoms with Crippen LogP contribution in [0.1, 0.15) is 15.9 Å². The van der Waals surface area contributed by atoms with Crippen LogP contribution in [0.5, 0.6) is 0 Å². The monoisotopic (exact) mass is 490 g/mol. The average Bonchev–Trinajstić information content (AvgIpc) is 3.40. The van der Waals surface area contributed by atoms with E-state index in [-0.39, 0.29) is 27.9 Å². The Hall–Kier alpha value is -4.06. The van der Waals surface area contributed by atoms with E-state index in [2.05, 4.69) is 15.3 Å². The van der Waals surface area contributed by atoms with Crippen LogP contribution in [0.25, 0.3) is 32.3 Å². The predicted octanol–water partition coefficient (Wildman–Crippen LogP) is 6.24. The first kappa shape index (κ1) is 21.8. The van der Waals surface area contributed by atoms with Crippen molar-refractivity contribution in [3.63, 3.8) is 0 Å². The number of furan rings is 1. The molecule has 6 nitrogen and oxygen atoms in total. The molecule has 0 aliphatic rings. The maximum atomic E-state index is 15.4. The Kier molecular flexibility index (Phi) is 4.97. The molecule has 0 saturated heterocycles. The molecule has 0 saturated carbocycles. The lowest BCUT2D eigenvalue weighted by atomic mass is 10.0. The van der Waals surface area contributed by atoms with E-state index in [1.807, 2.05) is 0 Å². The van der Waals surface area contributed by atoms with Gasteiger partial charge in [-0.05, 0) is 24.3 Å². The lowest BCUT2D eigenvalue weighted by Gasteiger charge is -2.10. The number of fused-ring (bicyclic) bond motifs is 2. The predicted molar refractivity (Wildman–Crippen MR) is 116 cm³/mol. The minimum Gasteiger partial charge on any atom is -0.460 e. The Morgan fingerprint density at radius 1 is 1.09 bits per heavy atom. The number of hydrogen-bond donors (Lipinski definition) is 2. The van der Waals surface area contributed by atoms with E-state index in [4.69, 9.17) is 10.2 Å². The summed E-state index contributed by atoms with van der Waals surface area (Å²) in [5, 5.41) is 4.26. The number of anilines is 2. The fourth-order valence-corrected chi connectivity index (χ4v) is 4.45. The first-order valence-electron chi connectivity index (χ1n) is 9.51. The Labute approximate surface area is 190 Å². The molecular formula is C22H11F5N4O2S. The van der Waals surface area contributed by atoms with Crippen LogP contribution in [0.2, 0.25) is 0 Å². The van der Waals surface area contributed by atoms with Crippen molar-refractivity contribution in [1.82, 2.24) is 9.97 Å². The van der Waals surface area contributed by atoms with Crippen molar-refractivity contribution < 1.29 is 31.2 Å². The molecule has 12 heteroatoms. The maximum Gasteiger partial charge on any atom is 0.416 e. The maximum absolute atomic E-state index is 15.4. The van der Waals surface area contributed by atoms with Crippen LogP contribution in [0.15, 0.2) is 52.7 Å². The van der Waals surface area contributed by atoms with Gasteiger partial charge in [0, 0.05) is 21.9 Å². The summed E-state index contributed by atoms with van der Waals surface area (Å²) in [6.45, 7) is 0. The van der Waals surface area contributed by atoms with Crippen LogP contribution in [-0.2, 0) is 6.18 Å². The van der Waals surface area contributed by atoms with Crippen LogP contribution in [-0.4, -0.2) is 15.9 Å². The molecule has 3 aromatic heterocycles. The average molecular weight is 490 g/mol. The van der Waals surface area contributed by atoms with E-state index in [1.165, 1.54) is 29.8 Å². The van der Waals surface area contributed by atoms with Crippen LogP contribution in [0.3, 0.4) is 0 Å². The Morgan fingerprint density at radius 3 is 2.65 bits per heavy atom. The lowest BCUT2D eigenvalue weighted by Crippen LogP contribution is -2.14. The lowest BCUT2D eigenvalue weighted by molar-refractivity contribution is -0.137. The normalized spacial score (nSPS) is 11.9. The van der Waals surface area contributed by atoms with Crippen LogP contribution in [0, 0.1) is 11.6 Å². The molecule has 0 radical (unpaired) electrons. The number of nitrogens with two attached hydrogens (primary N) is 1. The van der Waals surface area contributed by atoms with Gasteiger partial charge in [-0.25, -0.2) is 18.7 Å². The quantitative estimate of drug-likeness (QED) is 0.292. The van der Waals surface area contributed by atoms with E-state index in [1.54, 1.807) is 5.38 Å². The van der Waals surface area contributed by atoms with E-state index in [0.29, 0.717) is 34.0 Å². The van der Waals surface area contributed by atoms with E-state index in [0.717, 1.165) is 6.26 Å². The molecule has 3 heterocycles. The number of alkyl halides is 3. The van der Waals surface area contributed by atoms with Crippen molar-refractivity contribution >= 4 is 49.9 Å². The summed E-state index contributed by atoms with van der Waals surface area (Å²) in [7, 11) is 0. The number of halogens is 5. The third-order valence-corrected chi connectivity index (χ3v) is 6.04. The van der Waals surface area contributed by atoms with Crippen LogP contribution in [0.4, 0.5) is 33.5 Å². The van der Waals surface area contributed by atoms with Crippen molar-refractivity contribution in [2.24, 2.45) is 0 Å². The first-order chi connectivity index (χ1) is 16.1. The number of benzene rings is 2. The summed E-state index contributed by atoms with van der Waals surface area (Å²) in [5.74, 6) is -2.65. The first-order valence-corrected chi connectivity index (χ1v) is 10.4. The van der Waals surface area contributed by atoms with E-state index in [9.17, 15) is 22.4 Å². The van der Waals surface area contributed by atoms with Gasteiger partial charge in [-0.15, -0.1) is 11.3 Å². The molecule has 5 aromatic rings. The van der Waals surface area contributed by atoms with Crippen molar-refractivity contribution in [3.05, 3.63) is 71.1 Å². The summed E-state index contributed by atoms with van der Waals surface area (Å²) < 4.78 is 73.4. The highest BCUT2D eigenvalue weighted by Crippen LogP contribution is 2.39. The van der Waals surface area contributed by atoms with Crippen molar-refractivity contribution in [2.45, 2.75) is 6.18 Å². The second-order valence-electron chi connectivity index (χ2n) is 7.19. The van der Waals surface area contributed by atoms with Gasteiger partial charge in [-0.2, -0.15) is 13.2 Å². The molecule has 3 N–H and O–H groups in total. The topological polar surface area (TPSA) is 94.0 Å². The van der Waals surface area contributed by atoms with Gasteiger partial charge in [0.1, 0.15) is 29.1 Å². The molecule has 172 valence electrons. The highest BCUT2D eigenvalue weighted by Gasteiger charge is 2.31. The zero-order chi connectivity index (χ0) is 24.2. The number of hydrogen-bond acceptors (Lipinski definition) is 6. The number of nitrogens with one attached hydrogen (secondary N) is 1. The van der Waals surface area contributed by atoms with Crippen LogP contribution < -0.4 is 11.1 Å². The second-order valence-corrected chi connectivity index (χ2v) is 8.05. The van der Waals surface area contributed by atoms with Gasteiger partial charge >= 0.3 is 6.18 Å². The SMILES string of the molecule is Nc1ncnc2scc(-c3ccc4c(C(=O)Nc5cc(C(F)(F)F)ccc5F)coc4c3F)c12. The molecule has 0 fully saturated rings. The second kappa shape index (κ2) is 7.76. The molecule has 1 amide bonds. The molecule has 2 aromatic carbocycles. The van der Waals surface area contributed by atoms with Crippen molar-refractivity contribution in [2.75, 3.05) is 11.1 Å². The Balaban J connectivity index is 1.53. The number of thiophene rings is 1. The molecule has 0 spiro atoms. The summed E-state index contributed by atoms with van der Waals surface area (Å²) in [5.41, 5.74) is 4.23. The van der Waals surface area contributed by atoms with Gasteiger partial charge in [-0.1, -0.05) is 6.07 Å². The molecular weight excluding hydrogens is 479 g/mol.